The van der Waals surface area contributed by atoms with Crippen molar-refractivity contribution in [1.29, 1.82) is 0 Å². The van der Waals surface area contributed by atoms with Gasteiger partial charge in [-0.05, 0) is 12.1 Å². The van der Waals surface area contributed by atoms with Crippen LogP contribution in [0.15, 0.2) is 12.1 Å². The van der Waals surface area contributed by atoms with E-state index in [1.165, 1.54) is 0 Å². The van der Waals surface area contributed by atoms with E-state index in [9.17, 15) is 22.4 Å². The summed E-state index contributed by atoms with van der Waals surface area (Å²) in [6.07, 6.45) is -4.78. The molecule has 0 radical (unpaired) electrons. The number of alkyl halides is 3. The smallest absolute Gasteiger partial charge is 0.298 e. The van der Waals surface area contributed by atoms with Crippen molar-refractivity contribution < 1.29 is 22.4 Å². The lowest BCUT2D eigenvalue weighted by Gasteiger charge is -2.09. The minimum Gasteiger partial charge on any atom is -0.298 e. The SMILES string of the molecule is O=Cc1cc(F)c(Cl)cc1C(F)(F)F. The van der Waals surface area contributed by atoms with E-state index in [0.717, 1.165) is 0 Å². The Morgan fingerprint density at radius 1 is 1.29 bits per heavy atom. The summed E-state index contributed by atoms with van der Waals surface area (Å²) in [5, 5.41) is -0.664. The van der Waals surface area contributed by atoms with Crippen LogP contribution in [0.25, 0.3) is 0 Å². The molecule has 0 aliphatic rings. The summed E-state index contributed by atoms with van der Waals surface area (Å²) in [6.45, 7) is 0. The third-order valence-electron chi connectivity index (χ3n) is 1.52. The zero-order valence-electron chi connectivity index (χ0n) is 6.53. The van der Waals surface area contributed by atoms with Crippen LogP contribution >= 0.6 is 11.6 Å². The van der Waals surface area contributed by atoms with Crippen molar-refractivity contribution in [3.8, 4) is 0 Å². The van der Waals surface area contributed by atoms with E-state index in [1.807, 2.05) is 0 Å². The number of hydrogen-bond acceptors (Lipinski definition) is 1. The molecule has 0 N–H and O–H groups in total. The van der Waals surface area contributed by atoms with E-state index in [0.29, 0.717) is 12.1 Å². The Bertz CT molecular complexity index is 372. The number of benzene rings is 1. The highest BCUT2D eigenvalue weighted by molar-refractivity contribution is 6.30. The highest BCUT2D eigenvalue weighted by Crippen LogP contribution is 2.34. The normalized spacial score (nSPS) is 11.5. The zero-order chi connectivity index (χ0) is 10.9. The predicted octanol–water partition coefficient (Wildman–Crippen LogP) is 3.31. The molecular formula is C8H3ClF4O. The van der Waals surface area contributed by atoms with Crippen molar-refractivity contribution in [2.45, 2.75) is 6.18 Å². The van der Waals surface area contributed by atoms with Crippen LogP contribution in [0.2, 0.25) is 5.02 Å². The molecule has 0 bridgehead atoms. The van der Waals surface area contributed by atoms with Gasteiger partial charge in [0.1, 0.15) is 5.82 Å². The lowest BCUT2D eigenvalue weighted by Crippen LogP contribution is -2.09. The maximum Gasteiger partial charge on any atom is 0.417 e. The molecule has 0 unspecified atom stereocenters. The highest BCUT2D eigenvalue weighted by atomic mass is 35.5. The summed E-state index contributed by atoms with van der Waals surface area (Å²) < 4.78 is 49.3. The van der Waals surface area contributed by atoms with E-state index < -0.39 is 28.1 Å². The molecule has 76 valence electrons. The van der Waals surface area contributed by atoms with Crippen LogP contribution in [-0.2, 0) is 6.18 Å². The van der Waals surface area contributed by atoms with Gasteiger partial charge in [-0.3, -0.25) is 4.79 Å². The number of halogens is 5. The van der Waals surface area contributed by atoms with Crippen LogP contribution in [0.4, 0.5) is 17.6 Å². The number of rotatable bonds is 1. The first-order valence-electron chi connectivity index (χ1n) is 3.37. The summed E-state index contributed by atoms with van der Waals surface area (Å²) >= 11 is 5.16. The predicted molar refractivity (Wildman–Crippen MR) is 41.8 cm³/mol. The maximum atomic E-state index is 12.7. The number of carbonyl (C=O) groups excluding carboxylic acids is 1. The lowest BCUT2D eigenvalue weighted by molar-refractivity contribution is -0.137. The average molecular weight is 227 g/mol. The monoisotopic (exact) mass is 226 g/mol. The molecule has 0 aliphatic carbocycles. The topological polar surface area (TPSA) is 17.1 Å². The Balaban J connectivity index is 3.42. The van der Waals surface area contributed by atoms with E-state index in [2.05, 4.69) is 0 Å². The van der Waals surface area contributed by atoms with Crippen molar-refractivity contribution in [2.75, 3.05) is 0 Å². The molecule has 6 heteroatoms. The summed E-state index contributed by atoms with van der Waals surface area (Å²) in [4.78, 5) is 10.2. The molecule has 0 spiro atoms. The third-order valence-corrected chi connectivity index (χ3v) is 1.81. The number of carbonyl (C=O) groups is 1. The van der Waals surface area contributed by atoms with Gasteiger partial charge in [0.05, 0.1) is 10.6 Å². The Morgan fingerprint density at radius 3 is 2.29 bits per heavy atom. The number of aldehydes is 1. The van der Waals surface area contributed by atoms with E-state index in [-0.39, 0.29) is 6.29 Å². The molecule has 0 saturated carbocycles. The molecule has 1 nitrogen and oxygen atoms in total. The summed E-state index contributed by atoms with van der Waals surface area (Å²) in [5.41, 5.74) is -2.00. The van der Waals surface area contributed by atoms with Gasteiger partial charge < -0.3 is 0 Å². The first-order valence-corrected chi connectivity index (χ1v) is 3.75. The van der Waals surface area contributed by atoms with Gasteiger partial charge in [0.15, 0.2) is 6.29 Å². The Hall–Kier alpha value is -1.10. The first-order chi connectivity index (χ1) is 6.36. The zero-order valence-corrected chi connectivity index (χ0v) is 7.29. The Morgan fingerprint density at radius 2 is 1.86 bits per heavy atom. The average Bonchev–Trinajstić information content (AvgIpc) is 2.07. The molecular weight excluding hydrogens is 224 g/mol. The molecule has 1 rings (SSSR count). The standard InChI is InChI=1S/C8H3ClF4O/c9-6-2-5(8(11,12)13)4(3-14)1-7(6)10/h1-3H. The molecule has 1 aromatic carbocycles. The fourth-order valence-corrected chi connectivity index (χ4v) is 1.07. The molecule has 0 saturated heterocycles. The molecule has 0 atom stereocenters. The highest BCUT2D eigenvalue weighted by Gasteiger charge is 2.34. The lowest BCUT2D eigenvalue weighted by atomic mass is 10.1. The van der Waals surface area contributed by atoms with Gasteiger partial charge >= 0.3 is 6.18 Å². The first kappa shape index (κ1) is 11.0. The minimum absolute atomic E-state index is 0.0672. The second-order valence-electron chi connectivity index (χ2n) is 2.47. The molecule has 0 aliphatic heterocycles. The van der Waals surface area contributed by atoms with Gasteiger partial charge in [0.2, 0.25) is 0 Å². The van der Waals surface area contributed by atoms with Gasteiger partial charge in [0, 0.05) is 5.56 Å². The van der Waals surface area contributed by atoms with Gasteiger partial charge in [-0.1, -0.05) is 11.6 Å². The molecule has 0 fully saturated rings. The van der Waals surface area contributed by atoms with E-state index in [1.54, 1.807) is 0 Å². The molecule has 0 heterocycles. The fraction of sp³-hybridized carbons (Fsp3) is 0.125. The summed E-state index contributed by atoms with van der Waals surface area (Å²) in [5.74, 6) is -1.05. The van der Waals surface area contributed by atoms with E-state index in [4.69, 9.17) is 11.6 Å². The van der Waals surface area contributed by atoms with Gasteiger partial charge in [0.25, 0.3) is 0 Å². The molecule has 0 aromatic heterocycles. The van der Waals surface area contributed by atoms with Gasteiger partial charge in [-0.15, -0.1) is 0 Å². The fourth-order valence-electron chi connectivity index (χ4n) is 0.905. The van der Waals surface area contributed by atoms with Crippen LogP contribution in [0.5, 0.6) is 0 Å². The van der Waals surface area contributed by atoms with Crippen LogP contribution in [0.1, 0.15) is 15.9 Å². The molecule has 14 heavy (non-hydrogen) atoms. The van der Waals surface area contributed by atoms with Crippen LogP contribution < -0.4 is 0 Å². The van der Waals surface area contributed by atoms with Crippen LogP contribution in [0.3, 0.4) is 0 Å². The third kappa shape index (κ3) is 2.04. The minimum atomic E-state index is -4.71. The van der Waals surface area contributed by atoms with Crippen molar-refractivity contribution in [1.82, 2.24) is 0 Å². The van der Waals surface area contributed by atoms with Crippen molar-refractivity contribution in [3.63, 3.8) is 0 Å². The second kappa shape index (κ2) is 3.57. The van der Waals surface area contributed by atoms with Crippen LogP contribution in [-0.4, -0.2) is 6.29 Å². The Kier molecular flexibility index (Phi) is 2.80. The van der Waals surface area contributed by atoms with Gasteiger partial charge in [-0.25, -0.2) is 4.39 Å². The quantitative estimate of drug-likeness (QED) is 0.530. The van der Waals surface area contributed by atoms with Crippen molar-refractivity contribution in [3.05, 3.63) is 34.1 Å². The Labute approximate surface area is 81.3 Å². The van der Waals surface area contributed by atoms with Crippen molar-refractivity contribution >= 4 is 17.9 Å². The largest absolute Gasteiger partial charge is 0.417 e. The number of hydrogen-bond donors (Lipinski definition) is 0. The maximum absolute atomic E-state index is 12.7. The van der Waals surface area contributed by atoms with Crippen LogP contribution in [0, 0.1) is 5.82 Å². The summed E-state index contributed by atoms with van der Waals surface area (Å²) in [6, 6.07) is 0.846. The summed E-state index contributed by atoms with van der Waals surface area (Å²) in [7, 11) is 0. The van der Waals surface area contributed by atoms with Crippen molar-refractivity contribution in [2.24, 2.45) is 0 Å². The molecule has 1 aromatic rings. The van der Waals surface area contributed by atoms with E-state index >= 15 is 0 Å². The van der Waals surface area contributed by atoms with Gasteiger partial charge in [-0.2, -0.15) is 13.2 Å². The second-order valence-corrected chi connectivity index (χ2v) is 2.88. The molecule has 0 amide bonds.